The van der Waals surface area contributed by atoms with Gasteiger partial charge in [0.15, 0.2) is 0 Å². The van der Waals surface area contributed by atoms with Gasteiger partial charge in [-0.3, -0.25) is 4.79 Å². The zero-order valence-corrected chi connectivity index (χ0v) is 8.96. The van der Waals surface area contributed by atoms with Crippen molar-refractivity contribution in [2.45, 2.75) is 26.2 Å². The van der Waals surface area contributed by atoms with E-state index in [4.69, 9.17) is 0 Å². The second kappa shape index (κ2) is 4.30. The molecule has 2 saturated heterocycles. The molecule has 0 spiro atoms. The van der Waals surface area contributed by atoms with Crippen LogP contribution in [0.3, 0.4) is 0 Å². The number of carbonyl (C=O) groups is 1. The minimum absolute atomic E-state index is 0.281. The van der Waals surface area contributed by atoms with Crippen molar-refractivity contribution in [1.82, 2.24) is 10.2 Å². The molecular formula is C11H20N2O. The fourth-order valence-corrected chi connectivity index (χ4v) is 2.20. The molecule has 0 aromatic heterocycles. The van der Waals surface area contributed by atoms with E-state index in [1.807, 2.05) is 0 Å². The molecule has 1 atom stereocenters. The van der Waals surface area contributed by atoms with Gasteiger partial charge in [0.25, 0.3) is 0 Å². The summed E-state index contributed by atoms with van der Waals surface area (Å²) < 4.78 is 0. The lowest BCUT2D eigenvalue weighted by Crippen LogP contribution is -2.52. The summed E-state index contributed by atoms with van der Waals surface area (Å²) in [6, 6.07) is 0. The number of hydrogen-bond donors (Lipinski definition) is 1. The second-order valence-corrected chi connectivity index (χ2v) is 4.72. The number of amides is 1. The van der Waals surface area contributed by atoms with Gasteiger partial charge in [0, 0.05) is 26.2 Å². The summed E-state index contributed by atoms with van der Waals surface area (Å²) in [7, 11) is 0. The van der Waals surface area contributed by atoms with Crippen molar-refractivity contribution in [2.75, 3.05) is 26.2 Å². The van der Waals surface area contributed by atoms with Crippen molar-refractivity contribution in [2.24, 2.45) is 11.8 Å². The van der Waals surface area contributed by atoms with Crippen molar-refractivity contribution < 1.29 is 4.79 Å². The molecule has 0 saturated carbocycles. The van der Waals surface area contributed by atoms with Gasteiger partial charge in [-0.25, -0.2) is 0 Å². The van der Waals surface area contributed by atoms with Crippen LogP contribution in [0.1, 0.15) is 26.2 Å². The van der Waals surface area contributed by atoms with Gasteiger partial charge in [-0.15, -0.1) is 0 Å². The molecule has 1 N–H and O–H groups in total. The number of rotatable bonds is 1. The lowest BCUT2D eigenvalue weighted by molar-refractivity contribution is -0.137. The van der Waals surface area contributed by atoms with Gasteiger partial charge in [0.2, 0.25) is 5.91 Å². The van der Waals surface area contributed by atoms with E-state index in [1.54, 1.807) is 0 Å². The zero-order valence-electron chi connectivity index (χ0n) is 8.96. The van der Waals surface area contributed by atoms with Crippen LogP contribution in [-0.4, -0.2) is 37.0 Å². The summed E-state index contributed by atoms with van der Waals surface area (Å²) in [6.07, 6.45) is 3.66. The molecule has 2 heterocycles. The summed E-state index contributed by atoms with van der Waals surface area (Å²) in [5, 5.41) is 3.16. The molecule has 0 aliphatic carbocycles. The van der Waals surface area contributed by atoms with Gasteiger partial charge in [-0.05, 0) is 25.2 Å². The Balaban J connectivity index is 1.86. The Hall–Kier alpha value is -0.570. The van der Waals surface area contributed by atoms with Gasteiger partial charge < -0.3 is 10.2 Å². The van der Waals surface area contributed by atoms with Gasteiger partial charge in [0.05, 0.1) is 5.92 Å². The molecule has 1 unspecified atom stereocenters. The van der Waals surface area contributed by atoms with Crippen LogP contribution in [0.2, 0.25) is 0 Å². The molecule has 3 nitrogen and oxygen atoms in total. The molecule has 80 valence electrons. The van der Waals surface area contributed by atoms with Gasteiger partial charge in [-0.1, -0.05) is 6.92 Å². The maximum absolute atomic E-state index is 11.9. The van der Waals surface area contributed by atoms with Crippen molar-refractivity contribution in [3.63, 3.8) is 0 Å². The Labute approximate surface area is 85.8 Å². The molecule has 2 fully saturated rings. The summed E-state index contributed by atoms with van der Waals surface area (Å²) in [6.45, 7) is 6.05. The van der Waals surface area contributed by atoms with Crippen LogP contribution in [0, 0.1) is 11.8 Å². The Bertz CT molecular complexity index is 213. The maximum Gasteiger partial charge on any atom is 0.228 e. The molecule has 0 radical (unpaired) electrons. The van der Waals surface area contributed by atoms with Gasteiger partial charge in [-0.2, -0.15) is 0 Å². The van der Waals surface area contributed by atoms with Crippen LogP contribution in [0.25, 0.3) is 0 Å². The Morgan fingerprint density at radius 1 is 1.29 bits per heavy atom. The average Bonchev–Trinajstić information content (AvgIpc) is 2.26. The van der Waals surface area contributed by atoms with Crippen LogP contribution in [0.5, 0.6) is 0 Å². The van der Waals surface area contributed by atoms with Crippen LogP contribution in [0.15, 0.2) is 0 Å². The number of nitrogens with one attached hydrogen (secondary N) is 1. The molecule has 1 amide bonds. The van der Waals surface area contributed by atoms with Crippen molar-refractivity contribution in [3.8, 4) is 0 Å². The first-order valence-electron chi connectivity index (χ1n) is 5.77. The molecule has 2 aliphatic heterocycles. The monoisotopic (exact) mass is 196 g/mol. The first-order valence-corrected chi connectivity index (χ1v) is 5.77. The zero-order chi connectivity index (χ0) is 9.97. The van der Waals surface area contributed by atoms with Crippen molar-refractivity contribution in [1.29, 1.82) is 0 Å². The number of nitrogens with zero attached hydrogens (tertiary/aromatic N) is 1. The fraction of sp³-hybridized carbons (Fsp3) is 0.909. The third kappa shape index (κ3) is 2.08. The molecule has 0 aromatic rings. The van der Waals surface area contributed by atoms with Gasteiger partial charge in [0.1, 0.15) is 0 Å². The van der Waals surface area contributed by atoms with E-state index >= 15 is 0 Å². The lowest BCUT2D eigenvalue weighted by Gasteiger charge is -2.31. The predicted molar refractivity (Wildman–Crippen MR) is 56.0 cm³/mol. The van der Waals surface area contributed by atoms with E-state index in [1.165, 1.54) is 19.3 Å². The number of carbonyl (C=O) groups excluding carboxylic acids is 1. The molecule has 2 rings (SSSR count). The third-order valence-corrected chi connectivity index (χ3v) is 3.46. The molecular weight excluding hydrogens is 176 g/mol. The fourth-order valence-electron chi connectivity index (χ4n) is 2.20. The van der Waals surface area contributed by atoms with E-state index in [-0.39, 0.29) is 5.92 Å². The quantitative estimate of drug-likeness (QED) is 0.674. The standard InChI is InChI=1S/C11H20N2O/c1-9-3-2-5-13(6-4-9)11(14)10-7-12-8-10/h9-10,12H,2-8H2,1H3. The summed E-state index contributed by atoms with van der Waals surface area (Å²) >= 11 is 0. The molecule has 3 heteroatoms. The first kappa shape index (κ1) is 9.97. The lowest BCUT2D eigenvalue weighted by atomic mass is 10.0. The highest BCUT2D eigenvalue weighted by molar-refractivity contribution is 5.80. The average molecular weight is 196 g/mol. The van der Waals surface area contributed by atoms with Crippen molar-refractivity contribution >= 4 is 5.91 Å². The summed E-state index contributed by atoms with van der Waals surface area (Å²) in [4.78, 5) is 14.0. The van der Waals surface area contributed by atoms with E-state index < -0.39 is 0 Å². The topological polar surface area (TPSA) is 32.3 Å². The molecule has 0 bridgehead atoms. The highest BCUT2D eigenvalue weighted by atomic mass is 16.2. The van der Waals surface area contributed by atoms with Crippen LogP contribution >= 0.6 is 0 Å². The van der Waals surface area contributed by atoms with Crippen LogP contribution < -0.4 is 5.32 Å². The number of hydrogen-bond acceptors (Lipinski definition) is 2. The highest BCUT2D eigenvalue weighted by Crippen LogP contribution is 2.18. The normalized spacial score (nSPS) is 29.5. The molecule has 2 aliphatic rings. The second-order valence-electron chi connectivity index (χ2n) is 4.72. The van der Waals surface area contributed by atoms with E-state index in [0.29, 0.717) is 5.91 Å². The van der Waals surface area contributed by atoms with Crippen LogP contribution in [-0.2, 0) is 4.79 Å². The summed E-state index contributed by atoms with van der Waals surface area (Å²) in [5.41, 5.74) is 0. The molecule has 14 heavy (non-hydrogen) atoms. The third-order valence-electron chi connectivity index (χ3n) is 3.46. The SMILES string of the molecule is CC1CCCN(C(=O)C2CNC2)CC1. The van der Waals surface area contributed by atoms with Crippen LogP contribution in [0.4, 0.5) is 0 Å². The van der Waals surface area contributed by atoms with Crippen molar-refractivity contribution in [3.05, 3.63) is 0 Å². The van der Waals surface area contributed by atoms with E-state index in [2.05, 4.69) is 17.1 Å². The van der Waals surface area contributed by atoms with Gasteiger partial charge >= 0.3 is 0 Å². The maximum atomic E-state index is 11.9. The highest BCUT2D eigenvalue weighted by Gasteiger charge is 2.29. The Kier molecular flexibility index (Phi) is 3.06. The minimum Gasteiger partial charge on any atom is -0.342 e. The smallest absolute Gasteiger partial charge is 0.228 e. The van der Waals surface area contributed by atoms with E-state index in [9.17, 15) is 4.79 Å². The molecule has 0 aromatic carbocycles. The summed E-state index contributed by atoms with van der Waals surface area (Å²) in [5.74, 6) is 1.47. The largest absolute Gasteiger partial charge is 0.342 e. The predicted octanol–water partition coefficient (Wildman–Crippen LogP) is 0.854. The number of likely N-dealkylation sites (tertiary alicyclic amines) is 1. The van der Waals surface area contributed by atoms with E-state index in [0.717, 1.165) is 32.1 Å². The first-order chi connectivity index (χ1) is 6.77. The Morgan fingerprint density at radius 3 is 2.71 bits per heavy atom. The minimum atomic E-state index is 0.281. The Morgan fingerprint density at radius 2 is 2.07 bits per heavy atom.